The molecule has 0 unspecified atom stereocenters. The van der Waals surface area contributed by atoms with Crippen molar-refractivity contribution in [3.8, 4) is 23.8 Å². The van der Waals surface area contributed by atoms with Crippen molar-refractivity contribution < 1.29 is 4.74 Å². The largest absolute Gasteiger partial charge is 0.439 e. The first-order chi connectivity index (χ1) is 8.72. The highest BCUT2D eigenvalue weighted by Crippen LogP contribution is 2.22. The summed E-state index contributed by atoms with van der Waals surface area (Å²) >= 11 is 0. The quantitative estimate of drug-likeness (QED) is 0.802. The lowest BCUT2D eigenvalue weighted by molar-refractivity contribution is 0.462. The molecule has 0 fully saturated rings. The van der Waals surface area contributed by atoms with E-state index in [0.29, 0.717) is 22.8 Å². The molecule has 1 aromatic heterocycles. The van der Waals surface area contributed by atoms with E-state index in [0.717, 1.165) is 5.56 Å². The molecule has 0 amide bonds. The fourth-order valence-electron chi connectivity index (χ4n) is 1.46. The van der Waals surface area contributed by atoms with Crippen LogP contribution in [0.2, 0.25) is 0 Å². The highest BCUT2D eigenvalue weighted by Gasteiger charge is 2.05. The molecule has 0 saturated carbocycles. The predicted octanol–water partition coefficient (Wildman–Crippen LogP) is 2.93. The summed E-state index contributed by atoms with van der Waals surface area (Å²) in [5.74, 6) is 0.951. The van der Waals surface area contributed by atoms with Gasteiger partial charge in [0.25, 0.3) is 0 Å². The van der Waals surface area contributed by atoms with Crippen LogP contribution in [0.4, 0.5) is 0 Å². The first-order valence-electron chi connectivity index (χ1n) is 5.27. The van der Waals surface area contributed by atoms with E-state index in [-0.39, 0.29) is 0 Å². The van der Waals surface area contributed by atoms with Gasteiger partial charge in [0.05, 0.1) is 11.1 Å². The van der Waals surface area contributed by atoms with E-state index in [9.17, 15) is 0 Å². The Labute approximate surface area is 105 Å². The number of nitrogens with zero attached hydrogens (tertiary/aromatic N) is 3. The predicted molar refractivity (Wildman–Crippen MR) is 64.9 cm³/mol. The Morgan fingerprint density at radius 1 is 1.06 bits per heavy atom. The summed E-state index contributed by atoms with van der Waals surface area (Å²) in [6.07, 6.45) is 1.65. The van der Waals surface area contributed by atoms with Crippen LogP contribution in [-0.4, -0.2) is 4.98 Å². The van der Waals surface area contributed by atoms with Gasteiger partial charge < -0.3 is 4.74 Å². The molecule has 1 aromatic carbocycles. The number of aryl methyl sites for hydroxylation is 1. The van der Waals surface area contributed by atoms with Gasteiger partial charge in [-0.15, -0.1) is 0 Å². The summed E-state index contributed by atoms with van der Waals surface area (Å²) in [5.41, 5.74) is 1.67. The Hall–Kier alpha value is -2.85. The summed E-state index contributed by atoms with van der Waals surface area (Å²) in [4.78, 5) is 4.06. The van der Waals surface area contributed by atoms with E-state index >= 15 is 0 Å². The molecule has 0 aliphatic rings. The van der Waals surface area contributed by atoms with Crippen LogP contribution in [0.15, 0.2) is 36.5 Å². The number of aromatic nitrogens is 1. The van der Waals surface area contributed by atoms with Crippen molar-refractivity contribution in [1.29, 1.82) is 10.5 Å². The van der Waals surface area contributed by atoms with Gasteiger partial charge in [0.15, 0.2) is 0 Å². The highest BCUT2D eigenvalue weighted by molar-refractivity contribution is 5.49. The second-order valence-corrected chi connectivity index (χ2v) is 3.70. The van der Waals surface area contributed by atoms with Crippen molar-refractivity contribution in [3.63, 3.8) is 0 Å². The lowest BCUT2D eigenvalue weighted by Gasteiger charge is -2.05. The second kappa shape index (κ2) is 4.99. The summed E-state index contributed by atoms with van der Waals surface area (Å²) < 4.78 is 5.53. The summed E-state index contributed by atoms with van der Waals surface area (Å²) in [7, 11) is 0. The normalized spacial score (nSPS) is 9.28. The lowest BCUT2D eigenvalue weighted by atomic mass is 10.1. The van der Waals surface area contributed by atoms with Gasteiger partial charge in [-0.25, -0.2) is 4.98 Å². The van der Waals surface area contributed by atoms with Crippen molar-refractivity contribution in [2.75, 3.05) is 0 Å². The standard InChI is InChI=1S/C14H9N3O/c1-10-4-5-17-14(6-10)18-13-3-2-11(8-15)12(7-13)9-16/h2-7H,1H3. The van der Waals surface area contributed by atoms with Crippen LogP contribution in [0.5, 0.6) is 11.6 Å². The molecule has 0 aliphatic carbocycles. The maximum Gasteiger partial charge on any atom is 0.219 e. The monoisotopic (exact) mass is 235 g/mol. The summed E-state index contributed by atoms with van der Waals surface area (Å²) in [5, 5.41) is 17.7. The van der Waals surface area contributed by atoms with Crippen molar-refractivity contribution in [3.05, 3.63) is 53.2 Å². The smallest absolute Gasteiger partial charge is 0.219 e. The van der Waals surface area contributed by atoms with E-state index in [1.807, 2.05) is 25.1 Å². The third kappa shape index (κ3) is 2.45. The number of hydrogen-bond acceptors (Lipinski definition) is 4. The van der Waals surface area contributed by atoms with Crippen molar-refractivity contribution in [2.24, 2.45) is 0 Å². The van der Waals surface area contributed by atoms with Crippen LogP contribution in [-0.2, 0) is 0 Å². The molecule has 2 aromatic rings. The topological polar surface area (TPSA) is 69.7 Å². The molecule has 1 heterocycles. The van der Waals surface area contributed by atoms with Gasteiger partial charge in [0.2, 0.25) is 5.88 Å². The minimum atomic E-state index is 0.294. The van der Waals surface area contributed by atoms with E-state index in [1.54, 1.807) is 24.4 Å². The Balaban J connectivity index is 2.31. The molecule has 0 spiro atoms. The zero-order valence-corrected chi connectivity index (χ0v) is 9.71. The third-order valence-electron chi connectivity index (χ3n) is 2.34. The Bertz CT molecular complexity index is 665. The van der Waals surface area contributed by atoms with Gasteiger partial charge in [-0.2, -0.15) is 10.5 Å². The highest BCUT2D eigenvalue weighted by atomic mass is 16.5. The van der Waals surface area contributed by atoms with E-state index < -0.39 is 0 Å². The molecule has 0 aliphatic heterocycles. The van der Waals surface area contributed by atoms with E-state index in [4.69, 9.17) is 15.3 Å². The lowest BCUT2D eigenvalue weighted by Crippen LogP contribution is -1.90. The van der Waals surface area contributed by atoms with Crippen LogP contribution >= 0.6 is 0 Å². The molecule has 0 radical (unpaired) electrons. The van der Waals surface area contributed by atoms with Gasteiger partial charge in [0, 0.05) is 12.3 Å². The van der Waals surface area contributed by atoms with Gasteiger partial charge in [-0.05, 0) is 36.8 Å². The van der Waals surface area contributed by atoms with Crippen LogP contribution in [0.3, 0.4) is 0 Å². The molecule has 86 valence electrons. The summed E-state index contributed by atoms with van der Waals surface area (Å²) in [6.45, 7) is 1.94. The average molecular weight is 235 g/mol. The number of benzene rings is 1. The molecule has 0 saturated heterocycles. The fourth-order valence-corrected chi connectivity index (χ4v) is 1.46. The molecule has 4 heteroatoms. The van der Waals surface area contributed by atoms with Crippen LogP contribution in [0.1, 0.15) is 16.7 Å². The minimum Gasteiger partial charge on any atom is -0.439 e. The molecule has 2 rings (SSSR count). The van der Waals surface area contributed by atoms with E-state index in [2.05, 4.69) is 4.98 Å². The van der Waals surface area contributed by atoms with Gasteiger partial charge in [0.1, 0.15) is 17.9 Å². The Kier molecular flexibility index (Phi) is 3.22. The first kappa shape index (κ1) is 11.6. The first-order valence-corrected chi connectivity index (χ1v) is 5.27. The molecule has 0 atom stereocenters. The molecule has 0 N–H and O–H groups in total. The minimum absolute atomic E-state index is 0.294. The maximum absolute atomic E-state index is 8.91. The van der Waals surface area contributed by atoms with Gasteiger partial charge >= 0.3 is 0 Å². The molecule has 0 bridgehead atoms. The Morgan fingerprint density at radius 3 is 2.50 bits per heavy atom. The zero-order valence-electron chi connectivity index (χ0n) is 9.71. The number of ether oxygens (including phenoxy) is 1. The molecular weight excluding hydrogens is 226 g/mol. The number of hydrogen-bond donors (Lipinski definition) is 0. The number of rotatable bonds is 2. The van der Waals surface area contributed by atoms with Crippen LogP contribution in [0.25, 0.3) is 0 Å². The van der Waals surface area contributed by atoms with Crippen LogP contribution < -0.4 is 4.74 Å². The van der Waals surface area contributed by atoms with Gasteiger partial charge in [-0.3, -0.25) is 0 Å². The second-order valence-electron chi connectivity index (χ2n) is 3.70. The van der Waals surface area contributed by atoms with Crippen molar-refractivity contribution in [1.82, 2.24) is 4.98 Å². The van der Waals surface area contributed by atoms with Crippen molar-refractivity contribution >= 4 is 0 Å². The van der Waals surface area contributed by atoms with Crippen molar-refractivity contribution in [2.45, 2.75) is 6.92 Å². The fraction of sp³-hybridized carbons (Fsp3) is 0.0714. The maximum atomic E-state index is 8.91. The van der Waals surface area contributed by atoms with Gasteiger partial charge in [-0.1, -0.05) is 0 Å². The molecule has 4 nitrogen and oxygen atoms in total. The molecular formula is C14H9N3O. The van der Waals surface area contributed by atoms with Crippen LogP contribution in [0, 0.1) is 29.6 Å². The summed E-state index contributed by atoms with van der Waals surface area (Å²) in [6, 6.07) is 12.3. The average Bonchev–Trinajstić information content (AvgIpc) is 2.38. The Morgan fingerprint density at radius 2 is 1.83 bits per heavy atom. The SMILES string of the molecule is Cc1ccnc(Oc2ccc(C#N)c(C#N)c2)c1. The molecule has 18 heavy (non-hydrogen) atoms. The van der Waals surface area contributed by atoms with E-state index in [1.165, 1.54) is 6.07 Å². The number of nitriles is 2. The third-order valence-corrected chi connectivity index (χ3v) is 2.34. The zero-order chi connectivity index (χ0) is 13.0. The number of pyridine rings is 1.